The lowest BCUT2D eigenvalue weighted by molar-refractivity contribution is 0.184. The molecule has 116 valence electrons. The molecule has 0 fully saturated rings. The van der Waals surface area contributed by atoms with Crippen LogP contribution in [0.25, 0.3) is 10.8 Å². The SMILES string of the molecule is C=CCN(CCO)C(=O)NCCc1cccc2ccccc12. The fraction of sp³-hybridized carbons (Fsp3) is 0.278. The Bertz CT molecular complexity index is 635. The van der Waals surface area contributed by atoms with Crippen LogP contribution in [0.3, 0.4) is 0 Å². The van der Waals surface area contributed by atoms with Crippen LogP contribution in [0.2, 0.25) is 0 Å². The summed E-state index contributed by atoms with van der Waals surface area (Å²) in [5.74, 6) is 0. The predicted molar refractivity (Wildman–Crippen MR) is 89.9 cm³/mol. The average molecular weight is 298 g/mol. The Hall–Kier alpha value is -2.33. The molecule has 0 bridgehead atoms. The molecule has 0 saturated heterocycles. The van der Waals surface area contributed by atoms with Gasteiger partial charge in [-0.25, -0.2) is 4.79 Å². The van der Waals surface area contributed by atoms with Gasteiger partial charge in [-0.2, -0.15) is 0 Å². The molecule has 0 aliphatic carbocycles. The van der Waals surface area contributed by atoms with Gasteiger partial charge in [-0.05, 0) is 22.8 Å². The molecule has 4 nitrogen and oxygen atoms in total. The van der Waals surface area contributed by atoms with Gasteiger partial charge in [0.25, 0.3) is 0 Å². The molecule has 0 heterocycles. The van der Waals surface area contributed by atoms with Gasteiger partial charge in [0.15, 0.2) is 0 Å². The molecular weight excluding hydrogens is 276 g/mol. The van der Waals surface area contributed by atoms with Crippen molar-refractivity contribution in [2.24, 2.45) is 0 Å². The first kappa shape index (κ1) is 16.0. The van der Waals surface area contributed by atoms with E-state index in [1.807, 2.05) is 18.2 Å². The lowest BCUT2D eigenvalue weighted by Gasteiger charge is -2.20. The first-order valence-electron chi connectivity index (χ1n) is 7.47. The number of nitrogens with zero attached hydrogens (tertiary/aromatic N) is 1. The maximum absolute atomic E-state index is 12.0. The van der Waals surface area contributed by atoms with Gasteiger partial charge < -0.3 is 15.3 Å². The summed E-state index contributed by atoms with van der Waals surface area (Å²) < 4.78 is 0. The van der Waals surface area contributed by atoms with Crippen LogP contribution in [-0.2, 0) is 6.42 Å². The summed E-state index contributed by atoms with van der Waals surface area (Å²) in [5.41, 5.74) is 1.22. The third-order valence-corrected chi connectivity index (χ3v) is 3.56. The van der Waals surface area contributed by atoms with Gasteiger partial charge in [-0.1, -0.05) is 48.5 Å². The molecule has 2 N–H and O–H groups in total. The van der Waals surface area contributed by atoms with Crippen molar-refractivity contribution in [2.45, 2.75) is 6.42 Å². The maximum atomic E-state index is 12.0. The second kappa shape index (κ2) is 8.20. The van der Waals surface area contributed by atoms with Crippen LogP contribution in [-0.4, -0.2) is 42.3 Å². The summed E-state index contributed by atoms with van der Waals surface area (Å²) in [7, 11) is 0. The summed E-state index contributed by atoms with van der Waals surface area (Å²) in [6.45, 7) is 4.88. The van der Waals surface area contributed by atoms with E-state index in [4.69, 9.17) is 5.11 Å². The van der Waals surface area contributed by atoms with Gasteiger partial charge in [-0.3, -0.25) is 0 Å². The Balaban J connectivity index is 1.94. The highest BCUT2D eigenvalue weighted by Gasteiger charge is 2.10. The molecule has 0 spiro atoms. The van der Waals surface area contributed by atoms with Gasteiger partial charge in [0.1, 0.15) is 0 Å². The average Bonchev–Trinajstić information content (AvgIpc) is 2.55. The second-order valence-electron chi connectivity index (χ2n) is 5.08. The van der Waals surface area contributed by atoms with Gasteiger partial charge in [0, 0.05) is 19.6 Å². The van der Waals surface area contributed by atoms with Crippen molar-refractivity contribution in [3.05, 3.63) is 60.7 Å². The number of carbonyl (C=O) groups is 1. The Labute approximate surface area is 131 Å². The number of hydrogen-bond acceptors (Lipinski definition) is 2. The van der Waals surface area contributed by atoms with Gasteiger partial charge >= 0.3 is 6.03 Å². The molecular formula is C18H22N2O2. The molecule has 0 unspecified atom stereocenters. The maximum Gasteiger partial charge on any atom is 0.317 e. The van der Waals surface area contributed by atoms with Gasteiger partial charge in [-0.15, -0.1) is 6.58 Å². The van der Waals surface area contributed by atoms with Crippen molar-refractivity contribution in [1.82, 2.24) is 10.2 Å². The summed E-state index contributed by atoms with van der Waals surface area (Å²) in [4.78, 5) is 13.6. The largest absolute Gasteiger partial charge is 0.395 e. The molecule has 0 aliphatic rings. The monoisotopic (exact) mass is 298 g/mol. The van der Waals surface area contributed by atoms with Crippen molar-refractivity contribution < 1.29 is 9.90 Å². The molecule has 2 aromatic rings. The predicted octanol–water partition coefficient (Wildman–Crippen LogP) is 2.57. The van der Waals surface area contributed by atoms with Crippen LogP contribution in [0.5, 0.6) is 0 Å². The van der Waals surface area contributed by atoms with Crippen molar-refractivity contribution in [3.63, 3.8) is 0 Å². The van der Waals surface area contributed by atoms with Crippen molar-refractivity contribution in [1.29, 1.82) is 0 Å². The minimum absolute atomic E-state index is 0.0510. The van der Waals surface area contributed by atoms with E-state index >= 15 is 0 Å². The molecule has 0 atom stereocenters. The van der Waals surface area contributed by atoms with Crippen LogP contribution >= 0.6 is 0 Å². The summed E-state index contributed by atoms with van der Waals surface area (Å²) >= 11 is 0. The molecule has 4 heteroatoms. The molecule has 0 saturated carbocycles. The van der Waals surface area contributed by atoms with Crippen LogP contribution < -0.4 is 5.32 Å². The molecule has 0 radical (unpaired) electrons. The third-order valence-electron chi connectivity index (χ3n) is 3.56. The zero-order chi connectivity index (χ0) is 15.8. The number of nitrogens with one attached hydrogen (secondary N) is 1. The van der Waals surface area contributed by atoms with E-state index in [1.165, 1.54) is 21.2 Å². The number of urea groups is 1. The number of hydrogen-bond donors (Lipinski definition) is 2. The van der Waals surface area contributed by atoms with E-state index in [2.05, 4.69) is 36.2 Å². The highest BCUT2D eigenvalue weighted by atomic mass is 16.3. The highest BCUT2D eigenvalue weighted by molar-refractivity contribution is 5.85. The Morgan fingerprint density at radius 2 is 2.00 bits per heavy atom. The lowest BCUT2D eigenvalue weighted by atomic mass is 10.0. The first-order chi connectivity index (χ1) is 10.8. The molecule has 0 aliphatic heterocycles. The molecule has 2 rings (SSSR count). The van der Waals surface area contributed by atoms with Gasteiger partial charge in [0.2, 0.25) is 0 Å². The first-order valence-corrected chi connectivity index (χ1v) is 7.47. The number of benzene rings is 2. The molecule has 2 amide bonds. The fourth-order valence-corrected chi connectivity index (χ4v) is 2.48. The summed E-state index contributed by atoms with van der Waals surface area (Å²) in [6, 6.07) is 14.3. The van der Waals surface area contributed by atoms with Crippen molar-refractivity contribution in [2.75, 3.05) is 26.2 Å². The van der Waals surface area contributed by atoms with E-state index < -0.39 is 0 Å². The minimum atomic E-state index is -0.172. The van der Waals surface area contributed by atoms with Crippen LogP contribution in [0, 0.1) is 0 Å². The Morgan fingerprint density at radius 3 is 2.77 bits per heavy atom. The number of fused-ring (bicyclic) bond motifs is 1. The summed E-state index contributed by atoms with van der Waals surface area (Å²) in [6.07, 6.45) is 2.42. The normalized spacial score (nSPS) is 10.4. The van der Waals surface area contributed by atoms with Gasteiger partial charge in [0.05, 0.1) is 6.61 Å². The van der Waals surface area contributed by atoms with Crippen molar-refractivity contribution >= 4 is 16.8 Å². The standard InChI is InChI=1S/C18H22N2O2/c1-2-12-20(13-14-21)18(22)19-11-10-16-8-5-7-15-6-3-4-9-17(15)16/h2-9,21H,1,10-14H2,(H,19,22). The minimum Gasteiger partial charge on any atom is -0.395 e. The quantitative estimate of drug-likeness (QED) is 0.772. The molecule has 22 heavy (non-hydrogen) atoms. The Morgan fingerprint density at radius 1 is 1.23 bits per heavy atom. The van der Waals surface area contributed by atoms with E-state index in [0.717, 1.165) is 6.42 Å². The number of amides is 2. The second-order valence-corrected chi connectivity index (χ2v) is 5.08. The topological polar surface area (TPSA) is 52.6 Å². The number of rotatable bonds is 7. The molecule has 0 aromatic heterocycles. The van der Waals surface area contributed by atoms with E-state index in [9.17, 15) is 4.79 Å². The fourth-order valence-electron chi connectivity index (χ4n) is 2.48. The van der Waals surface area contributed by atoms with Crippen LogP contribution in [0.4, 0.5) is 4.79 Å². The van der Waals surface area contributed by atoms with Crippen LogP contribution in [0.15, 0.2) is 55.1 Å². The zero-order valence-electron chi connectivity index (χ0n) is 12.7. The van der Waals surface area contributed by atoms with E-state index in [-0.39, 0.29) is 12.6 Å². The van der Waals surface area contributed by atoms with Crippen LogP contribution in [0.1, 0.15) is 5.56 Å². The third kappa shape index (κ3) is 4.09. The smallest absolute Gasteiger partial charge is 0.317 e. The molecule has 2 aromatic carbocycles. The number of aliphatic hydroxyl groups is 1. The van der Waals surface area contributed by atoms with E-state index in [0.29, 0.717) is 19.6 Å². The highest BCUT2D eigenvalue weighted by Crippen LogP contribution is 2.18. The zero-order valence-corrected chi connectivity index (χ0v) is 12.7. The lowest BCUT2D eigenvalue weighted by Crippen LogP contribution is -2.42. The number of aliphatic hydroxyl groups excluding tert-OH is 1. The number of carbonyl (C=O) groups excluding carboxylic acids is 1. The van der Waals surface area contributed by atoms with E-state index in [1.54, 1.807) is 6.08 Å². The van der Waals surface area contributed by atoms with Crippen molar-refractivity contribution in [3.8, 4) is 0 Å². The summed E-state index contributed by atoms with van der Waals surface area (Å²) in [5, 5.41) is 14.3. The Kier molecular flexibility index (Phi) is 5.98.